The number of guanidine groups is 1. The largest absolute Gasteiger partial charge is 0.353 e. The smallest absolute Gasteiger partial charge is 0.223 e. The van der Waals surface area contributed by atoms with Crippen molar-refractivity contribution < 1.29 is 5.21 Å². The Balaban J connectivity index is 1.67. The van der Waals surface area contributed by atoms with Gasteiger partial charge in [0.15, 0.2) is 0 Å². The van der Waals surface area contributed by atoms with Crippen LogP contribution in [0, 0.1) is 6.92 Å². The summed E-state index contributed by atoms with van der Waals surface area (Å²) in [4.78, 5) is 13.4. The Hall–Kier alpha value is -2.60. The summed E-state index contributed by atoms with van der Waals surface area (Å²) < 4.78 is 0. The van der Waals surface area contributed by atoms with Gasteiger partial charge in [0.2, 0.25) is 5.96 Å². The molecular weight excluding hydrogens is 326 g/mol. The van der Waals surface area contributed by atoms with E-state index in [9.17, 15) is 5.21 Å². The summed E-state index contributed by atoms with van der Waals surface area (Å²) in [5.74, 6) is 2.01. The minimum atomic E-state index is 0.486. The molecule has 0 spiro atoms. The van der Waals surface area contributed by atoms with Crippen molar-refractivity contribution in [1.29, 1.82) is 0 Å². The van der Waals surface area contributed by atoms with Crippen LogP contribution in [0.3, 0.4) is 0 Å². The number of pyridine rings is 1. The quantitative estimate of drug-likeness (QED) is 0.504. The van der Waals surface area contributed by atoms with Crippen LogP contribution in [0.5, 0.6) is 0 Å². The van der Waals surface area contributed by atoms with Crippen LogP contribution in [0.25, 0.3) is 0 Å². The highest BCUT2D eigenvalue weighted by Crippen LogP contribution is 2.21. The third kappa shape index (κ3) is 4.14. The van der Waals surface area contributed by atoms with Crippen LogP contribution < -0.4 is 10.4 Å². The molecule has 0 amide bonds. The van der Waals surface area contributed by atoms with Crippen molar-refractivity contribution in [3.63, 3.8) is 0 Å². The Bertz CT molecular complexity index is 749. The molecule has 0 unspecified atom stereocenters. The maximum absolute atomic E-state index is 9.56. The average molecular weight is 353 g/mol. The molecule has 26 heavy (non-hydrogen) atoms. The number of aromatic nitrogens is 1. The average Bonchev–Trinajstić information content (AvgIpc) is 2.67. The van der Waals surface area contributed by atoms with Crippen LogP contribution in [0.4, 0.5) is 11.5 Å². The number of rotatable bonds is 3. The van der Waals surface area contributed by atoms with E-state index in [0.29, 0.717) is 11.9 Å². The highest BCUT2D eigenvalue weighted by Gasteiger charge is 2.21. The van der Waals surface area contributed by atoms with Crippen LogP contribution in [0.15, 0.2) is 47.6 Å². The van der Waals surface area contributed by atoms with Crippen LogP contribution in [-0.4, -0.2) is 47.2 Å². The molecule has 1 aromatic heterocycles. The Morgan fingerprint density at radius 3 is 2.38 bits per heavy atom. The Morgan fingerprint density at radius 1 is 1.12 bits per heavy atom. The zero-order chi connectivity index (χ0) is 18.5. The number of hydrogen-bond acceptors (Lipinski definition) is 4. The van der Waals surface area contributed by atoms with Gasteiger partial charge < -0.3 is 9.80 Å². The van der Waals surface area contributed by atoms with E-state index in [1.54, 1.807) is 0 Å². The highest BCUT2D eigenvalue weighted by molar-refractivity contribution is 5.82. The first-order valence-corrected chi connectivity index (χ1v) is 9.08. The summed E-state index contributed by atoms with van der Waals surface area (Å²) in [7, 11) is 0. The lowest BCUT2D eigenvalue weighted by Crippen LogP contribution is -2.52. The minimum absolute atomic E-state index is 0.486. The number of nitrogens with zero attached hydrogens (tertiary/aromatic N) is 4. The zero-order valence-corrected chi connectivity index (χ0v) is 15.7. The first-order valence-electron chi connectivity index (χ1n) is 9.08. The standard InChI is InChI=1S/C20H27N5O/c1-15(2)17-6-8-18(9-7-17)22-20(23-26)25-13-11-24(12-14-25)19-16(3)5-4-10-21-19/h4-10,15,26H,11-14H2,1-3H3,(H,22,23). The van der Waals surface area contributed by atoms with E-state index in [-0.39, 0.29) is 0 Å². The third-order valence-electron chi connectivity index (χ3n) is 4.76. The zero-order valence-electron chi connectivity index (χ0n) is 15.7. The van der Waals surface area contributed by atoms with E-state index in [2.05, 4.69) is 64.2 Å². The van der Waals surface area contributed by atoms with Crippen molar-refractivity contribution in [3.8, 4) is 0 Å². The molecular formula is C20H27N5O. The van der Waals surface area contributed by atoms with Crippen molar-refractivity contribution >= 4 is 17.5 Å². The fraction of sp³-hybridized carbons (Fsp3) is 0.400. The maximum atomic E-state index is 9.56. The number of hydroxylamine groups is 1. The molecule has 6 heteroatoms. The van der Waals surface area contributed by atoms with Crippen LogP contribution >= 0.6 is 0 Å². The molecule has 0 radical (unpaired) electrons. The summed E-state index contributed by atoms with van der Waals surface area (Å²) in [5, 5.41) is 9.56. The summed E-state index contributed by atoms with van der Waals surface area (Å²) >= 11 is 0. The first-order chi connectivity index (χ1) is 12.6. The maximum Gasteiger partial charge on any atom is 0.223 e. The number of aryl methyl sites for hydroxylation is 1. The van der Waals surface area contributed by atoms with Gasteiger partial charge in [0.25, 0.3) is 0 Å². The van der Waals surface area contributed by atoms with E-state index < -0.39 is 0 Å². The summed E-state index contributed by atoms with van der Waals surface area (Å²) in [6.45, 7) is 9.63. The van der Waals surface area contributed by atoms with Crippen LogP contribution in [0.1, 0.15) is 30.9 Å². The Labute approximate surface area is 155 Å². The van der Waals surface area contributed by atoms with Gasteiger partial charge in [-0.2, -0.15) is 0 Å². The Kier molecular flexibility index (Phi) is 5.73. The van der Waals surface area contributed by atoms with Crippen molar-refractivity contribution in [3.05, 3.63) is 53.7 Å². The van der Waals surface area contributed by atoms with E-state index in [0.717, 1.165) is 37.7 Å². The van der Waals surface area contributed by atoms with Gasteiger partial charge in [-0.1, -0.05) is 32.0 Å². The molecule has 1 aliphatic heterocycles. The van der Waals surface area contributed by atoms with Gasteiger partial charge in [-0.25, -0.2) is 15.5 Å². The molecule has 6 nitrogen and oxygen atoms in total. The number of piperazine rings is 1. The lowest BCUT2D eigenvalue weighted by molar-refractivity contribution is 0.207. The van der Waals surface area contributed by atoms with Crippen LogP contribution in [0.2, 0.25) is 0 Å². The summed E-state index contributed by atoms with van der Waals surface area (Å²) in [6, 6.07) is 12.2. The predicted molar refractivity (Wildman–Crippen MR) is 105 cm³/mol. The number of hydrogen-bond donors (Lipinski definition) is 2. The molecule has 2 aromatic rings. The fourth-order valence-corrected chi connectivity index (χ4v) is 3.16. The predicted octanol–water partition coefficient (Wildman–Crippen LogP) is 3.30. The van der Waals surface area contributed by atoms with E-state index >= 15 is 0 Å². The third-order valence-corrected chi connectivity index (χ3v) is 4.76. The molecule has 1 saturated heterocycles. The topological polar surface area (TPSA) is 64.0 Å². The second kappa shape index (κ2) is 8.19. The number of nitrogens with one attached hydrogen (secondary N) is 1. The molecule has 1 aliphatic rings. The van der Waals surface area contributed by atoms with E-state index in [1.807, 2.05) is 24.4 Å². The number of aliphatic imine (C=N–C) groups is 1. The molecule has 0 bridgehead atoms. The van der Waals surface area contributed by atoms with Crippen molar-refractivity contribution in [1.82, 2.24) is 15.4 Å². The molecule has 1 aromatic carbocycles. The number of anilines is 1. The van der Waals surface area contributed by atoms with Gasteiger partial charge in [0, 0.05) is 32.4 Å². The summed E-state index contributed by atoms with van der Waals surface area (Å²) in [6.07, 6.45) is 1.83. The van der Waals surface area contributed by atoms with E-state index in [1.165, 1.54) is 11.1 Å². The molecule has 0 atom stereocenters. The first kappa shape index (κ1) is 18.2. The second-order valence-corrected chi connectivity index (χ2v) is 6.91. The normalized spacial score (nSPS) is 15.5. The minimum Gasteiger partial charge on any atom is -0.353 e. The van der Waals surface area contributed by atoms with Gasteiger partial charge in [-0.05, 0) is 42.2 Å². The Morgan fingerprint density at radius 2 is 1.81 bits per heavy atom. The monoisotopic (exact) mass is 353 g/mol. The highest BCUT2D eigenvalue weighted by atomic mass is 16.5. The SMILES string of the molecule is Cc1cccnc1N1CCN(C(=Nc2ccc(C(C)C)cc2)NO)CC1. The van der Waals surface area contributed by atoms with Gasteiger partial charge in [0.1, 0.15) is 5.82 Å². The number of benzene rings is 1. The summed E-state index contributed by atoms with van der Waals surface area (Å²) in [5.41, 5.74) is 5.55. The van der Waals surface area contributed by atoms with Crippen LogP contribution in [-0.2, 0) is 0 Å². The molecule has 138 valence electrons. The van der Waals surface area contributed by atoms with Gasteiger partial charge in [-0.15, -0.1) is 0 Å². The van der Waals surface area contributed by atoms with Crippen molar-refractivity contribution in [2.75, 3.05) is 31.1 Å². The van der Waals surface area contributed by atoms with Gasteiger partial charge in [0.05, 0.1) is 5.69 Å². The van der Waals surface area contributed by atoms with Gasteiger partial charge in [-0.3, -0.25) is 5.21 Å². The molecule has 0 aliphatic carbocycles. The van der Waals surface area contributed by atoms with Crippen molar-refractivity contribution in [2.45, 2.75) is 26.7 Å². The molecule has 3 rings (SSSR count). The molecule has 2 heterocycles. The fourth-order valence-electron chi connectivity index (χ4n) is 3.16. The molecule has 1 fully saturated rings. The molecule has 2 N–H and O–H groups in total. The lowest BCUT2D eigenvalue weighted by atomic mass is 10.0. The molecule has 0 saturated carbocycles. The van der Waals surface area contributed by atoms with Gasteiger partial charge >= 0.3 is 0 Å². The lowest BCUT2D eigenvalue weighted by Gasteiger charge is -2.36. The van der Waals surface area contributed by atoms with E-state index in [4.69, 9.17) is 0 Å². The van der Waals surface area contributed by atoms with Crippen molar-refractivity contribution in [2.24, 2.45) is 4.99 Å². The second-order valence-electron chi connectivity index (χ2n) is 6.91.